The predicted molar refractivity (Wildman–Crippen MR) is 137 cm³/mol. The van der Waals surface area contributed by atoms with Crippen LogP contribution in [0.2, 0.25) is 0 Å². The second-order valence-corrected chi connectivity index (χ2v) is 10.3. The van der Waals surface area contributed by atoms with Gasteiger partial charge in [0.2, 0.25) is 5.91 Å². The monoisotopic (exact) mass is 554 g/mol. The molecule has 40 heavy (non-hydrogen) atoms. The van der Waals surface area contributed by atoms with Crippen LogP contribution in [0.25, 0.3) is 5.69 Å². The van der Waals surface area contributed by atoms with Crippen molar-refractivity contribution in [3.05, 3.63) is 82.7 Å². The summed E-state index contributed by atoms with van der Waals surface area (Å²) in [6, 6.07) is 7.56. The third-order valence-corrected chi connectivity index (χ3v) is 7.90. The van der Waals surface area contributed by atoms with E-state index in [0.29, 0.717) is 37.2 Å². The van der Waals surface area contributed by atoms with Crippen molar-refractivity contribution in [1.29, 1.82) is 0 Å². The van der Waals surface area contributed by atoms with Gasteiger partial charge in [-0.15, -0.1) is 0 Å². The molecule has 0 saturated heterocycles. The van der Waals surface area contributed by atoms with Gasteiger partial charge in [0.05, 0.1) is 34.4 Å². The molecule has 8 nitrogen and oxygen atoms in total. The summed E-state index contributed by atoms with van der Waals surface area (Å²) in [5, 5.41) is 4.88. The van der Waals surface area contributed by atoms with E-state index in [4.69, 9.17) is 10.8 Å². The van der Waals surface area contributed by atoms with E-state index < -0.39 is 40.9 Å². The molecule has 1 atom stereocenters. The smallest absolute Gasteiger partial charge is 0.396 e. The Morgan fingerprint density at radius 2 is 1.82 bits per heavy atom. The van der Waals surface area contributed by atoms with Crippen LogP contribution < -0.4 is 5.73 Å². The van der Waals surface area contributed by atoms with Crippen LogP contribution in [0.1, 0.15) is 63.4 Å². The molecule has 1 saturated carbocycles. The van der Waals surface area contributed by atoms with Crippen molar-refractivity contribution in [2.45, 2.75) is 43.8 Å². The van der Waals surface area contributed by atoms with E-state index >= 15 is 0 Å². The summed E-state index contributed by atoms with van der Waals surface area (Å²) < 4.78 is 55.9. The van der Waals surface area contributed by atoms with Gasteiger partial charge >= 0.3 is 6.18 Å². The zero-order valence-electron chi connectivity index (χ0n) is 21.4. The van der Waals surface area contributed by atoms with Crippen LogP contribution in [0.4, 0.5) is 23.2 Å². The molecule has 1 fully saturated rings. The number of carbonyl (C=O) groups excluding carboxylic acids is 2. The van der Waals surface area contributed by atoms with Crippen LogP contribution in [-0.4, -0.2) is 56.0 Å². The lowest BCUT2D eigenvalue weighted by atomic mass is 9.94. The molecule has 2 amide bonds. The first-order valence-corrected chi connectivity index (χ1v) is 13.0. The maximum absolute atomic E-state index is 14.6. The Morgan fingerprint density at radius 3 is 2.48 bits per heavy atom. The Balaban J connectivity index is 1.40. The Labute approximate surface area is 227 Å². The topological polar surface area (TPSA) is 97.4 Å². The summed E-state index contributed by atoms with van der Waals surface area (Å²) in [7, 11) is 0. The fraction of sp³-hybridized carbons (Fsp3) is 0.357. The lowest BCUT2D eigenvalue weighted by Gasteiger charge is -2.38. The molecule has 2 aromatic heterocycles. The summed E-state index contributed by atoms with van der Waals surface area (Å²) in [5.41, 5.74) is 7.08. The second kappa shape index (κ2) is 9.46. The van der Waals surface area contributed by atoms with Crippen LogP contribution >= 0.6 is 0 Å². The van der Waals surface area contributed by atoms with Gasteiger partial charge in [0.15, 0.2) is 11.5 Å². The van der Waals surface area contributed by atoms with Crippen molar-refractivity contribution in [1.82, 2.24) is 24.6 Å². The molecule has 1 aliphatic carbocycles. The van der Waals surface area contributed by atoms with E-state index in [9.17, 15) is 27.2 Å². The fourth-order valence-electron chi connectivity index (χ4n) is 5.71. The van der Waals surface area contributed by atoms with Gasteiger partial charge in [-0.25, -0.2) is 14.1 Å². The van der Waals surface area contributed by atoms with E-state index in [1.165, 1.54) is 29.4 Å². The van der Waals surface area contributed by atoms with Crippen LogP contribution in [-0.2, 0) is 23.8 Å². The third-order valence-electron chi connectivity index (χ3n) is 7.90. The molecule has 6 rings (SSSR count). The molecule has 3 aliphatic rings. The largest absolute Gasteiger partial charge is 0.436 e. The molecule has 0 bridgehead atoms. The summed E-state index contributed by atoms with van der Waals surface area (Å²) in [6.45, 7) is 4.17. The first-order chi connectivity index (χ1) is 19.1. The number of nitrogens with two attached hydrogens (primary N) is 1. The van der Waals surface area contributed by atoms with Crippen LogP contribution in [0.5, 0.6) is 0 Å². The molecule has 0 spiro atoms. The Morgan fingerprint density at radius 1 is 1.10 bits per heavy atom. The molecule has 0 radical (unpaired) electrons. The Bertz CT molecular complexity index is 1530. The highest BCUT2D eigenvalue weighted by atomic mass is 19.4. The lowest BCUT2D eigenvalue weighted by Crippen LogP contribution is -2.46. The number of nitrogen functional groups attached to an aromatic ring is 1. The van der Waals surface area contributed by atoms with Crippen molar-refractivity contribution >= 4 is 17.5 Å². The summed E-state index contributed by atoms with van der Waals surface area (Å²) >= 11 is 0. The minimum absolute atomic E-state index is 0.110. The highest BCUT2D eigenvalue weighted by Gasteiger charge is 2.42. The molecule has 4 heterocycles. The number of nitrogens with zero attached hydrogens (tertiary/aromatic N) is 5. The number of alkyl halides is 3. The number of pyridine rings is 1. The number of benzene rings is 1. The molecular weight excluding hydrogens is 528 g/mol. The molecule has 2 N–H and O–H groups in total. The van der Waals surface area contributed by atoms with Crippen molar-refractivity contribution in [2.24, 2.45) is 0 Å². The average molecular weight is 555 g/mol. The van der Waals surface area contributed by atoms with Crippen LogP contribution in [0, 0.1) is 5.82 Å². The summed E-state index contributed by atoms with van der Waals surface area (Å²) in [5.74, 6) is -2.27. The number of halogens is 4. The van der Waals surface area contributed by atoms with E-state index in [1.54, 1.807) is 4.90 Å². The number of hydrogen-bond donors (Lipinski definition) is 1. The van der Waals surface area contributed by atoms with Gasteiger partial charge in [-0.05, 0) is 42.5 Å². The molecule has 208 valence electrons. The number of carbonyl (C=O) groups is 2. The van der Waals surface area contributed by atoms with Gasteiger partial charge in [-0.1, -0.05) is 18.7 Å². The fourth-order valence-corrected chi connectivity index (χ4v) is 5.71. The minimum atomic E-state index is -5.06. The Kier molecular flexibility index (Phi) is 6.15. The first-order valence-electron chi connectivity index (χ1n) is 13.0. The van der Waals surface area contributed by atoms with Crippen LogP contribution in [0.3, 0.4) is 0 Å². The van der Waals surface area contributed by atoms with Gasteiger partial charge < -0.3 is 15.5 Å². The molecule has 0 unspecified atom stereocenters. The zero-order valence-corrected chi connectivity index (χ0v) is 21.4. The standard InChI is InChI=1S/C28H26F4N6O2/c1-2-22(39)36-11-9-19-23-20(38(35-19)17-7-5-16(6-8-17)15-3-4-15)10-12-37(21(23)14-36)27(40)18-13-34-26(28(30,31)32)24(29)25(18)33/h2,5-8,13,15,21H,1,3-4,9-12,14H2,(H2,33,34)/t21-/m0/s1. The summed E-state index contributed by atoms with van der Waals surface area (Å²) in [6.07, 6.45) is -0.00767. The SMILES string of the molecule is C=CC(=O)N1CCc2nn(-c3ccc(C4CC4)cc3)c3c2[C@H](C1)N(C(=O)c1cnc(C(F)(F)F)c(F)c1N)CC3. The highest BCUT2D eigenvalue weighted by molar-refractivity contribution is 5.99. The van der Waals surface area contributed by atoms with Gasteiger partial charge in [0, 0.05) is 44.2 Å². The van der Waals surface area contributed by atoms with Crippen molar-refractivity contribution in [2.75, 3.05) is 25.4 Å². The van der Waals surface area contributed by atoms with Crippen molar-refractivity contribution < 1.29 is 27.2 Å². The van der Waals surface area contributed by atoms with Gasteiger partial charge in [0.1, 0.15) is 0 Å². The van der Waals surface area contributed by atoms with E-state index in [2.05, 4.69) is 23.7 Å². The third kappa shape index (κ3) is 4.31. The van der Waals surface area contributed by atoms with Gasteiger partial charge in [0.25, 0.3) is 5.91 Å². The molecule has 1 aromatic carbocycles. The van der Waals surface area contributed by atoms with Gasteiger partial charge in [-0.3, -0.25) is 9.59 Å². The number of amides is 2. The quantitative estimate of drug-likeness (QED) is 0.385. The zero-order chi connectivity index (χ0) is 28.3. The number of rotatable bonds is 4. The highest BCUT2D eigenvalue weighted by Crippen LogP contribution is 2.41. The number of anilines is 1. The van der Waals surface area contributed by atoms with Gasteiger partial charge in [-0.2, -0.15) is 18.3 Å². The minimum Gasteiger partial charge on any atom is -0.396 e. The summed E-state index contributed by atoms with van der Waals surface area (Å²) in [4.78, 5) is 32.5. The molecule has 2 aliphatic heterocycles. The first kappa shape index (κ1) is 26.0. The Hall–Kier alpha value is -4.22. The molecular formula is C28H26F4N6O2. The number of aromatic nitrogens is 3. The van der Waals surface area contributed by atoms with E-state index in [0.717, 1.165) is 16.9 Å². The second-order valence-electron chi connectivity index (χ2n) is 10.3. The lowest BCUT2D eigenvalue weighted by molar-refractivity contribution is -0.143. The average Bonchev–Trinajstić information content (AvgIpc) is 3.74. The van der Waals surface area contributed by atoms with Crippen LogP contribution in [0.15, 0.2) is 43.1 Å². The molecule has 3 aromatic rings. The molecule has 12 heteroatoms. The number of hydrogen-bond acceptors (Lipinski definition) is 5. The van der Waals surface area contributed by atoms with Crippen molar-refractivity contribution in [3.63, 3.8) is 0 Å². The van der Waals surface area contributed by atoms with E-state index in [1.807, 2.05) is 16.8 Å². The maximum Gasteiger partial charge on any atom is 0.436 e. The van der Waals surface area contributed by atoms with Crippen molar-refractivity contribution in [3.8, 4) is 5.69 Å². The van der Waals surface area contributed by atoms with E-state index in [-0.39, 0.29) is 19.0 Å². The normalized spacial score (nSPS) is 18.8. The predicted octanol–water partition coefficient (Wildman–Crippen LogP) is 4.20. The maximum atomic E-state index is 14.6.